The first-order chi connectivity index (χ1) is 19.0. The normalized spacial score (nSPS) is 12.0. The Morgan fingerprint density at radius 3 is 2.27 bits per heavy atom. The molecule has 0 saturated heterocycles. The second-order valence-electron chi connectivity index (χ2n) is 9.57. The molecule has 0 heterocycles. The van der Waals surface area contributed by atoms with Crippen LogP contribution in [-0.4, -0.2) is 50.5 Å². The number of carbonyl (C=O) groups is 2. The summed E-state index contributed by atoms with van der Waals surface area (Å²) >= 11 is 6.23. The van der Waals surface area contributed by atoms with Gasteiger partial charge >= 0.3 is 0 Å². The van der Waals surface area contributed by atoms with Crippen molar-refractivity contribution < 1.29 is 22.4 Å². The molecule has 0 aliphatic rings. The molecule has 3 aromatic rings. The van der Waals surface area contributed by atoms with Gasteiger partial charge in [0.05, 0.1) is 11.9 Å². The third kappa shape index (κ3) is 8.53. The average Bonchev–Trinajstić information content (AvgIpc) is 2.91. The van der Waals surface area contributed by atoms with Gasteiger partial charge in [-0.1, -0.05) is 60.1 Å². The molecule has 10 heteroatoms. The average molecular weight is 588 g/mol. The Kier molecular flexibility index (Phi) is 11.1. The molecule has 2 amide bonds. The SMILES string of the molecule is CCNC(=O)[C@H](Cc1ccccc1)N(Cc1ccc(F)cc1)C(=O)CCCN(c1cccc(Cl)c1C)S(C)(=O)=O. The van der Waals surface area contributed by atoms with Gasteiger partial charge in [0.15, 0.2) is 0 Å². The molecule has 3 rings (SSSR count). The van der Waals surface area contributed by atoms with Gasteiger partial charge in [-0.15, -0.1) is 0 Å². The smallest absolute Gasteiger partial charge is 0.243 e. The maximum absolute atomic E-state index is 13.7. The van der Waals surface area contributed by atoms with Crippen LogP contribution in [0.2, 0.25) is 5.02 Å². The van der Waals surface area contributed by atoms with Crippen LogP contribution < -0.4 is 9.62 Å². The van der Waals surface area contributed by atoms with Crippen molar-refractivity contribution in [3.05, 3.63) is 100 Å². The number of rotatable bonds is 13. The number of amides is 2. The lowest BCUT2D eigenvalue weighted by Crippen LogP contribution is -2.50. The van der Waals surface area contributed by atoms with Crippen molar-refractivity contribution >= 4 is 39.1 Å². The lowest BCUT2D eigenvalue weighted by atomic mass is 10.0. The van der Waals surface area contributed by atoms with Gasteiger partial charge in [0.1, 0.15) is 11.9 Å². The molecule has 40 heavy (non-hydrogen) atoms. The van der Waals surface area contributed by atoms with Crippen molar-refractivity contribution in [2.75, 3.05) is 23.7 Å². The van der Waals surface area contributed by atoms with E-state index in [2.05, 4.69) is 5.32 Å². The zero-order valence-corrected chi connectivity index (χ0v) is 24.5. The van der Waals surface area contributed by atoms with Gasteiger partial charge in [0, 0.05) is 37.5 Å². The third-order valence-corrected chi connectivity index (χ3v) is 8.14. The molecule has 0 aromatic heterocycles. The zero-order valence-electron chi connectivity index (χ0n) is 22.9. The highest BCUT2D eigenvalue weighted by atomic mass is 35.5. The van der Waals surface area contributed by atoms with Crippen molar-refractivity contribution in [2.45, 2.75) is 45.7 Å². The van der Waals surface area contributed by atoms with Gasteiger partial charge in [-0.25, -0.2) is 12.8 Å². The van der Waals surface area contributed by atoms with Gasteiger partial charge < -0.3 is 10.2 Å². The number of halogens is 2. The number of sulfonamides is 1. The van der Waals surface area contributed by atoms with Gasteiger partial charge in [-0.05, 0) is 61.2 Å². The number of nitrogens with one attached hydrogen (secondary N) is 1. The Morgan fingerprint density at radius 2 is 1.65 bits per heavy atom. The summed E-state index contributed by atoms with van der Waals surface area (Å²) in [6.45, 7) is 4.09. The highest BCUT2D eigenvalue weighted by Gasteiger charge is 2.30. The van der Waals surface area contributed by atoms with E-state index in [0.29, 0.717) is 28.4 Å². The van der Waals surface area contributed by atoms with Crippen molar-refractivity contribution in [3.8, 4) is 0 Å². The number of hydrogen-bond acceptors (Lipinski definition) is 4. The first kappa shape index (κ1) is 31.1. The van der Waals surface area contributed by atoms with Crippen molar-refractivity contribution in [2.24, 2.45) is 0 Å². The van der Waals surface area contributed by atoms with Gasteiger partial charge in [0.25, 0.3) is 0 Å². The van der Waals surface area contributed by atoms with E-state index in [1.54, 1.807) is 44.2 Å². The molecular formula is C30H35ClFN3O4S. The number of carbonyl (C=O) groups excluding carboxylic acids is 2. The Morgan fingerprint density at radius 1 is 0.975 bits per heavy atom. The number of nitrogens with zero attached hydrogens (tertiary/aromatic N) is 2. The molecular weight excluding hydrogens is 553 g/mol. The van der Waals surface area contributed by atoms with Crippen LogP contribution in [0.1, 0.15) is 36.5 Å². The van der Waals surface area contributed by atoms with E-state index in [9.17, 15) is 22.4 Å². The zero-order chi connectivity index (χ0) is 29.3. The van der Waals surface area contributed by atoms with E-state index in [1.807, 2.05) is 30.3 Å². The molecule has 0 fully saturated rings. The van der Waals surface area contributed by atoms with Crippen LogP contribution in [0, 0.1) is 12.7 Å². The highest BCUT2D eigenvalue weighted by Crippen LogP contribution is 2.28. The van der Waals surface area contributed by atoms with E-state index in [4.69, 9.17) is 11.6 Å². The minimum atomic E-state index is -3.66. The molecule has 214 valence electrons. The van der Waals surface area contributed by atoms with Crippen LogP contribution in [-0.2, 0) is 32.6 Å². The lowest BCUT2D eigenvalue weighted by Gasteiger charge is -2.32. The number of likely N-dealkylation sites (N-methyl/N-ethyl adjacent to an activating group) is 1. The van der Waals surface area contributed by atoms with Crippen LogP contribution in [0.4, 0.5) is 10.1 Å². The summed E-state index contributed by atoms with van der Waals surface area (Å²) in [5.74, 6) is -1.01. The van der Waals surface area contributed by atoms with Crippen molar-refractivity contribution in [1.82, 2.24) is 10.2 Å². The standard InChI is InChI=1S/C30H35ClFN3O4S/c1-4-33-30(37)28(20-23-10-6-5-7-11-23)34(21-24-15-17-25(32)18-16-24)29(36)14-9-19-35(40(3,38)39)27-13-8-12-26(31)22(27)2/h5-8,10-13,15-18,28H,4,9,14,19-21H2,1-3H3,(H,33,37)/t28-/m0/s1. The summed E-state index contributed by atoms with van der Waals surface area (Å²) in [4.78, 5) is 28.5. The van der Waals surface area contributed by atoms with Crippen LogP contribution >= 0.6 is 11.6 Å². The van der Waals surface area contributed by atoms with E-state index in [-0.39, 0.29) is 44.2 Å². The number of hydrogen-bond donors (Lipinski definition) is 1. The minimum absolute atomic E-state index is 0.00246. The second kappa shape index (κ2) is 14.3. The summed E-state index contributed by atoms with van der Waals surface area (Å²) in [6.07, 6.45) is 1.61. The molecule has 0 aliphatic carbocycles. The fourth-order valence-corrected chi connectivity index (χ4v) is 5.67. The molecule has 0 radical (unpaired) electrons. The molecule has 0 saturated carbocycles. The maximum atomic E-state index is 13.7. The predicted molar refractivity (Wildman–Crippen MR) is 157 cm³/mol. The van der Waals surface area contributed by atoms with Gasteiger partial charge in [-0.3, -0.25) is 13.9 Å². The number of benzene rings is 3. The molecule has 0 aliphatic heterocycles. The Balaban J connectivity index is 1.87. The maximum Gasteiger partial charge on any atom is 0.243 e. The van der Waals surface area contributed by atoms with Gasteiger partial charge in [0.2, 0.25) is 21.8 Å². The summed E-state index contributed by atoms with van der Waals surface area (Å²) in [7, 11) is -3.66. The summed E-state index contributed by atoms with van der Waals surface area (Å²) in [5, 5.41) is 3.27. The van der Waals surface area contributed by atoms with Crippen LogP contribution in [0.25, 0.3) is 0 Å². The molecule has 3 aromatic carbocycles. The largest absolute Gasteiger partial charge is 0.355 e. The van der Waals surface area contributed by atoms with Gasteiger partial charge in [-0.2, -0.15) is 0 Å². The van der Waals surface area contributed by atoms with E-state index < -0.39 is 21.9 Å². The van der Waals surface area contributed by atoms with E-state index in [1.165, 1.54) is 21.3 Å². The predicted octanol–water partition coefficient (Wildman–Crippen LogP) is 5.11. The Labute approximate surface area is 241 Å². The quantitative estimate of drug-likeness (QED) is 0.301. The summed E-state index contributed by atoms with van der Waals surface area (Å²) in [5.41, 5.74) is 2.63. The number of anilines is 1. The van der Waals surface area contributed by atoms with E-state index >= 15 is 0 Å². The molecule has 0 unspecified atom stereocenters. The first-order valence-corrected chi connectivity index (χ1v) is 15.3. The Hall–Kier alpha value is -3.43. The molecule has 7 nitrogen and oxygen atoms in total. The van der Waals surface area contributed by atoms with Crippen LogP contribution in [0.15, 0.2) is 72.8 Å². The Bertz CT molecular complexity index is 1400. The van der Waals surface area contributed by atoms with Crippen LogP contribution in [0.3, 0.4) is 0 Å². The summed E-state index contributed by atoms with van der Waals surface area (Å²) < 4.78 is 40.1. The second-order valence-corrected chi connectivity index (χ2v) is 11.9. The molecule has 0 bridgehead atoms. The monoisotopic (exact) mass is 587 g/mol. The lowest BCUT2D eigenvalue weighted by molar-refractivity contribution is -0.141. The third-order valence-electron chi connectivity index (χ3n) is 6.55. The van der Waals surface area contributed by atoms with Crippen molar-refractivity contribution in [1.29, 1.82) is 0 Å². The molecule has 0 spiro atoms. The topological polar surface area (TPSA) is 86.8 Å². The minimum Gasteiger partial charge on any atom is -0.355 e. The van der Waals surface area contributed by atoms with E-state index in [0.717, 1.165) is 11.8 Å². The summed E-state index contributed by atoms with van der Waals surface area (Å²) in [6, 6.07) is 19.4. The highest BCUT2D eigenvalue weighted by molar-refractivity contribution is 7.92. The molecule has 1 atom stereocenters. The molecule has 1 N–H and O–H groups in total. The van der Waals surface area contributed by atoms with Crippen LogP contribution in [0.5, 0.6) is 0 Å². The van der Waals surface area contributed by atoms with Crippen molar-refractivity contribution in [3.63, 3.8) is 0 Å². The fourth-order valence-electron chi connectivity index (χ4n) is 4.48. The first-order valence-electron chi connectivity index (χ1n) is 13.1. The fraction of sp³-hybridized carbons (Fsp3) is 0.333.